The summed E-state index contributed by atoms with van der Waals surface area (Å²) in [6.45, 7) is 0. The molecule has 0 radical (unpaired) electrons. The van der Waals surface area contributed by atoms with Gasteiger partial charge in [0.25, 0.3) is 0 Å². The van der Waals surface area contributed by atoms with Gasteiger partial charge in [-0.2, -0.15) is 0 Å². The maximum atomic E-state index is 6.32. The molecule has 0 aliphatic rings. The van der Waals surface area contributed by atoms with Crippen LogP contribution < -0.4 is 0 Å². The molecule has 0 heterocycles. The number of fused-ring (bicyclic) bond motifs is 1. The Morgan fingerprint density at radius 3 is 2.15 bits per heavy atom. The van der Waals surface area contributed by atoms with Crippen LogP contribution in [0.25, 0.3) is 21.9 Å². The average Bonchev–Trinajstić information content (AvgIpc) is 2.41. The highest BCUT2D eigenvalue weighted by Gasteiger charge is 2.13. The van der Waals surface area contributed by atoms with Crippen LogP contribution >= 0.6 is 55.1 Å². The summed E-state index contributed by atoms with van der Waals surface area (Å²) in [5.41, 5.74) is 2.18. The minimum Gasteiger partial charge on any atom is -0.0843 e. The second kappa shape index (κ2) is 5.69. The van der Waals surface area contributed by atoms with E-state index in [0.717, 1.165) is 35.9 Å². The van der Waals surface area contributed by atoms with E-state index in [2.05, 4.69) is 37.9 Å². The monoisotopic (exact) mass is 428 g/mol. The molecule has 3 rings (SSSR count). The highest BCUT2D eigenvalue weighted by atomic mass is 79.9. The first-order valence-corrected chi connectivity index (χ1v) is 8.24. The molecule has 0 aromatic heterocycles. The van der Waals surface area contributed by atoms with Crippen LogP contribution in [-0.4, -0.2) is 0 Å². The van der Waals surface area contributed by atoms with Crippen molar-refractivity contribution in [2.45, 2.75) is 0 Å². The van der Waals surface area contributed by atoms with Gasteiger partial charge in [0.15, 0.2) is 0 Å². The molecule has 0 spiro atoms. The highest BCUT2D eigenvalue weighted by Crippen LogP contribution is 2.42. The smallest absolute Gasteiger partial charge is 0.0496 e. The predicted molar refractivity (Wildman–Crippen MR) is 94.8 cm³/mol. The maximum absolute atomic E-state index is 6.32. The van der Waals surface area contributed by atoms with Gasteiger partial charge in [-0.05, 0) is 29.1 Å². The van der Waals surface area contributed by atoms with Crippen molar-refractivity contribution in [3.63, 3.8) is 0 Å². The van der Waals surface area contributed by atoms with Gasteiger partial charge < -0.3 is 0 Å². The van der Waals surface area contributed by atoms with E-state index in [1.54, 1.807) is 0 Å². The van der Waals surface area contributed by atoms with Crippen LogP contribution in [0.1, 0.15) is 0 Å². The molecule has 0 aliphatic carbocycles. The minimum absolute atomic E-state index is 0.704. The van der Waals surface area contributed by atoms with Crippen molar-refractivity contribution in [1.29, 1.82) is 0 Å². The lowest BCUT2D eigenvalue weighted by Gasteiger charge is -2.13. The first-order chi connectivity index (χ1) is 9.58. The zero-order valence-electron chi connectivity index (χ0n) is 10.1. The molecule has 0 unspecified atom stereocenters. The Kier molecular flexibility index (Phi) is 4.09. The number of hydrogen-bond donors (Lipinski definition) is 0. The molecule has 0 saturated heterocycles. The number of benzene rings is 3. The quantitative estimate of drug-likeness (QED) is 0.379. The number of rotatable bonds is 1. The molecule has 0 N–H and O–H groups in total. The van der Waals surface area contributed by atoms with E-state index in [9.17, 15) is 0 Å². The Morgan fingerprint density at radius 1 is 0.750 bits per heavy atom. The number of halogens is 4. The highest BCUT2D eigenvalue weighted by molar-refractivity contribution is 9.11. The second-order valence-electron chi connectivity index (χ2n) is 4.38. The van der Waals surface area contributed by atoms with E-state index in [1.807, 2.05) is 42.5 Å². The van der Waals surface area contributed by atoms with E-state index in [4.69, 9.17) is 23.2 Å². The van der Waals surface area contributed by atoms with Crippen LogP contribution in [0.15, 0.2) is 57.5 Å². The summed E-state index contributed by atoms with van der Waals surface area (Å²) >= 11 is 19.6. The minimum atomic E-state index is 0.704. The van der Waals surface area contributed by atoms with Gasteiger partial charge in [-0.1, -0.05) is 85.4 Å². The Bertz CT molecular complexity index is 813. The predicted octanol–water partition coefficient (Wildman–Crippen LogP) is 7.34. The van der Waals surface area contributed by atoms with E-state index in [1.165, 1.54) is 0 Å². The first-order valence-electron chi connectivity index (χ1n) is 5.90. The van der Waals surface area contributed by atoms with Crippen LogP contribution in [0.4, 0.5) is 0 Å². The first kappa shape index (κ1) is 14.4. The molecule has 0 bridgehead atoms. The van der Waals surface area contributed by atoms with Gasteiger partial charge >= 0.3 is 0 Å². The Hall–Kier alpha value is -0.540. The van der Waals surface area contributed by atoms with E-state index >= 15 is 0 Å². The third kappa shape index (κ3) is 2.50. The Labute approximate surface area is 144 Å². The lowest BCUT2D eigenvalue weighted by atomic mass is 9.98. The second-order valence-corrected chi connectivity index (χ2v) is 6.94. The summed E-state index contributed by atoms with van der Waals surface area (Å²) < 4.78 is 1.92. The van der Waals surface area contributed by atoms with Gasteiger partial charge in [-0.25, -0.2) is 0 Å². The molecule has 0 saturated carbocycles. The summed E-state index contributed by atoms with van der Waals surface area (Å²) in [5, 5.41) is 3.58. The molecule has 0 atom stereocenters. The summed E-state index contributed by atoms with van der Waals surface area (Å²) in [7, 11) is 0. The zero-order valence-corrected chi connectivity index (χ0v) is 14.8. The van der Waals surface area contributed by atoms with Gasteiger partial charge in [-0.3, -0.25) is 0 Å². The lowest BCUT2D eigenvalue weighted by Crippen LogP contribution is -1.86. The topological polar surface area (TPSA) is 0 Å². The Morgan fingerprint density at radius 2 is 1.45 bits per heavy atom. The number of hydrogen-bond acceptors (Lipinski definition) is 0. The van der Waals surface area contributed by atoms with Gasteiger partial charge in [0.05, 0.1) is 0 Å². The van der Waals surface area contributed by atoms with Crippen LogP contribution in [-0.2, 0) is 0 Å². The van der Waals surface area contributed by atoms with E-state index in [-0.39, 0.29) is 0 Å². The molecule has 3 aromatic rings. The van der Waals surface area contributed by atoms with Crippen LogP contribution in [0.5, 0.6) is 0 Å². The molecule has 20 heavy (non-hydrogen) atoms. The van der Waals surface area contributed by atoms with Crippen LogP contribution in [0.3, 0.4) is 0 Å². The van der Waals surface area contributed by atoms with Crippen molar-refractivity contribution in [3.8, 4) is 11.1 Å². The van der Waals surface area contributed by atoms with Crippen molar-refractivity contribution < 1.29 is 0 Å². The van der Waals surface area contributed by atoms with Gasteiger partial charge in [0.2, 0.25) is 0 Å². The van der Waals surface area contributed by atoms with Crippen LogP contribution in [0, 0.1) is 0 Å². The average molecular weight is 431 g/mol. The molecule has 100 valence electrons. The fourth-order valence-electron chi connectivity index (χ4n) is 2.27. The molecule has 0 amide bonds. The third-order valence-corrected chi connectivity index (χ3v) is 4.98. The molecule has 0 aliphatic heterocycles. The molecule has 4 heteroatoms. The van der Waals surface area contributed by atoms with Crippen molar-refractivity contribution in [2.75, 3.05) is 0 Å². The van der Waals surface area contributed by atoms with Gasteiger partial charge in [0, 0.05) is 29.9 Å². The third-order valence-electron chi connectivity index (χ3n) is 3.15. The van der Waals surface area contributed by atoms with Crippen molar-refractivity contribution in [2.24, 2.45) is 0 Å². The van der Waals surface area contributed by atoms with Gasteiger partial charge in [0.1, 0.15) is 0 Å². The van der Waals surface area contributed by atoms with Crippen LogP contribution in [0.2, 0.25) is 10.0 Å². The fourth-order valence-corrected chi connectivity index (χ4v) is 4.21. The largest absolute Gasteiger partial charge is 0.0843 e. The molecular weight excluding hydrogens is 423 g/mol. The fraction of sp³-hybridized carbons (Fsp3) is 0. The normalized spacial score (nSPS) is 11.0. The summed E-state index contributed by atoms with van der Waals surface area (Å²) in [5.74, 6) is 0. The molecule has 0 nitrogen and oxygen atoms in total. The zero-order chi connectivity index (χ0) is 14.3. The maximum Gasteiger partial charge on any atom is 0.0496 e. The molecule has 3 aromatic carbocycles. The van der Waals surface area contributed by atoms with E-state index in [0.29, 0.717) is 5.02 Å². The summed E-state index contributed by atoms with van der Waals surface area (Å²) in [4.78, 5) is 0. The SMILES string of the molecule is Clc1ccc(-c2c(Br)cc(Cl)c3ccccc23)c(Br)c1. The molecule has 0 fully saturated rings. The summed E-state index contributed by atoms with van der Waals surface area (Å²) in [6.07, 6.45) is 0. The molecular formula is C16H8Br2Cl2. The van der Waals surface area contributed by atoms with E-state index < -0.39 is 0 Å². The Balaban J connectivity index is 2.41. The standard InChI is InChI=1S/C16H8Br2Cl2/c17-13-7-9(19)5-6-12(13)16-11-4-2-1-3-10(11)15(20)8-14(16)18/h1-8H. The lowest BCUT2D eigenvalue weighted by molar-refractivity contribution is 1.59. The van der Waals surface area contributed by atoms with Crippen molar-refractivity contribution >= 4 is 65.8 Å². The van der Waals surface area contributed by atoms with Gasteiger partial charge in [-0.15, -0.1) is 0 Å². The van der Waals surface area contributed by atoms with Crippen molar-refractivity contribution in [1.82, 2.24) is 0 Å². The summed E-state index contributed by atoms with van der Waals surface area (Å²) in [6, 6.07) is 15.8. The van der Waals surface area contributed by atoms with Crippen molar-refractivity contribution in [3.05, 3.63) is 67.5 Å².